The quantitative estimate of drug-likeness (QED) is 0.650. The van der Waals surface area contributed by atoms with Gasteiger partial charge in [0.2, 0.25) is 0 Å². The van der Waals surface area contributed by atoms with Crippen molar-refractivity contribution < 1.29 is 9.53 Å². The number of rotatable bonds is 5. The van der Waals surface area contributed by atoms with Crippen LogP contribution in [0.1, 0.15) is 16.7 Å². The van der Waals surface area contributed by atoms with E-state index in [2.05, 4.69) is 10.5 Å². The number of hydrazone groups is 1. The molecule has 0 fully saturated rings. The third-order valence-electron chi connectivity index (χ3n) is 3.11. The van der Waals surface area contributed by atoms with Crippen LogP contribution in [0.2, 0.25) is 10.0 Å². The highest BCUT2D eigenvalue weighted by Crippen LogP contribution is 2.22. The second-order valence-corrected chi connectivity index (χ2v) is 5.81. The SMILES string of the molecule is Cc1cccc(C)c1OCC(=O)N/N=C\c1ccc(Cl)cc1Cl. The van der Waals surface area contributed by atoms with E-state index >= 15 is 0 Å². The Morgan fingerprint density at radius 1 is 1.22 bits per heavy atom. The molecule has 23 heavy (non-hydrogen) atoms. The number of amides is 1. The Balaban J connectivity index is 1.89. The number of aryl methyl sites for hydroxylation is 2. The number of hydrogen-bond donors (Lipinski definition) is 1. The Bertz CT molecular complexity index is 725. The van der Waals surface area contributed by atoms with Gasteiger partial charge < -0.3 is 4.74 Å². The van der Waals surface area contributed by atoms with Crippen molar-refractivity contribution in [2.75, 3.05) is 6.61 Å². The summed E-state index contributed by atoms with van der Waals surface area (Å²) in [6.45, 7) is 3.75. The molecule has 0 unspecified atom stereocenters. The second-order valence-electron chi connectivity index (χ2n) is 4.97. The minimum absolute atomic E-state index is 0.114. The number of benzene rings is 2. The van der Waals surface area contributed by atoms with E-state index in [4.69, 9.17) is 27.9 Å². The van der Waals surface area contributed by atoms with E-state index in [-0.39, 0.29) is 12.5 Å². The van der Waals surface area contributed by atoms with Gasteiger partial charge in [0.25, 0.3) is 5.91 Å². The van der Waals surface area contributed by atoms with Crippen LogP contribution in [-0.2, 0) is 4.79 Å². The van der Waals surface area contributed by atoms with Gasteiger partial charge in [-0.15, -0.1) is 0 Å². The number of halogens is 2. The van der Waals surface area contributed by atoms with Gasteiger partial charge in [-0.2, -0.15) is 5.10 Å². The van der Waals surface area contributed by atoms with Gasteiger partial charge in [0.05, 0.1) is 11.2 Å². The van der Waals surface area contributed by atoms with Gasteiger partial charge in [-0.1, -0.05) is 47.5 Å². The number of nitrogens with zero attached hydrogens (tertiary/aromatic N) is 1. The molecule has 0 aliphatic rings. The number of ether oxygens (including phenoxy) is 1. The van der Waals surface area contributed by atoms with Gasteiger partial charge in [-0.3, -0.25) is 4.79 Å². The highest BCUT2D eigenvalue weighted by molar-refractivity contribution is 6.36. The number of para-hydroxylation sites is 1. The Hall–Kier alpha value is -2.04. The molecular formula is C17H16Cl2N2O2. The molecule has 2 aromatic rings. The molecule has 0 spiro atoms. The van der Waals surface area contributed by atoms with Crippen LogP contribution in [0.3, 0.4) is 0 Å². The molecule has 0 bridgehead atoms. The lowest BCUT2D eigenvalue weighted by Gasteiger charge is -2.10. The first-order chi connectivity index (χ1) is 11.0. The molecular weight excluding hydrogens is 335 g/mol. The molecule has 4 nitrogen and oxygen atoms in total. The molecule has 2 aromatic carbocycles. The molecule has 0 aromatic heterocycles. The fourth-order valence-corrected chi connectivity index (χ4v) is 2.43. The molecule has 6 heteroatoms. The lowest BCUT2D eigenvalue weighted by molar-refractivity contribution is -0.123. The van der Waals surface area contributed by atoms with E-state index < -0.39 is 0 Å². The van der Waals surface area contributed by atoms with Crippen molar-refractivity contribution in [3.05, 3.63) is 63.1 Å². The third kappa shape index (κ3) is 4.98. The van der Waals surface area contributed by atoms with Crippen LogP contribution in [0.15, 0.2) is 41.5 Å². The van der Waals surface area contributed by atoms with E-state index in [1.54, 1.807) is 18.2 Å². The van der Waals surface area contributed by atoms with E-state index in [0.717, 1.165) is 11.1 Å². The maximum atomic E-state index is 11.8. The van der Waals surface area contributed by atoms with E-state index in [1.807, 2.05) is 32.0 Å². The van der Waals surface area contributed by atoms with Crippen LogP contribution in [0.4, 0.5) is 0 Å². The summed E-state index contributed by atoms with van der Waals surface area (Å²) in [5.74, 6) is 0.362. The lowest BCUT2D eigenvalue weighted by Crippen LogP contribution is -2.25. The molecule has 0 heterocycles. The first-order valence-electron chi connectivity index (χ1n) is 6.93. The van der Waals surface area contributed by atoms with Gasteiger partial charge in [0.1, 0.15) is 5.75 Å². The number of nitrogens with one attached hydrogen (secondary N) is 1. The van der Waals surface area contributed by atoms with Crippen LogP contribution < -0.4 is 10.2 Å². The molecule has 0 aliphatic carbocycles. The summed E-state index contributed by atoms with van der Waals surface area (Å²) in [5, 5.41) is 4.86. The molecule has 2 rings (SSSR count). The average molecular weight is 351 g/mol. The molecule has 0 saturated heterocycles. The summed E-state index contributed by atoms with van der Waals surface area (Å²) >= 11 is 11.8. The van der Waals surface area contributed by atoms with Gasteiger partial charge in [-0.25, -0.2) is 5.43 Å². The highest BCUT2D eigenvalue weighted by atomic mass is 35.5. The van der Waals surface area contributed by atoms with Crippen molar-refractivity contribution in [3.8, 4) is 5.75 Å². The lowest BCUT2D eigenvalue weighted by atomic mass is 10.1. The van der Waals surface area contributed by atoms with Gasteiger partial charge in [0.15, 0.2) is 6.61 Å². The average Bonchev–Trinajstić information content (AvgIpc) is 2.49. The van der Waals surface area contributed by atoms with Crippen LogP contribution in [0.5, 0.6) is 5.75 Å². The van der Waals surface area contributed by atoms with Gasteiger partial charge in [-0.05, 0) is 37.1 Å². The summed E-state index contributed by atoms with van der Waals surface area (Å²) in [4.78, 5) is 11.8. The summed E-state index contributed by atoms with van der Waals surface area (Å²) in [6, 6.07) is 10.8. The van der Waals surface area contributed by atoms with Crippen molar-refractivity contribution in [1.82, 2.24) is 5.43 Å². The molecule has 0 saturated carbocycles. The number of carbonyl (C=O) groups is 1. The first-order valence-corrected chi connectivity index (χ1v) is 7.69. The van der Waals surface area contributed by atoms with Crippen LogP contribution in [-0.4, -0.2) is 18.7 Å². The molecule has 1 amide bonds. The normalized spacial score (nSPS) is 10.8. The standard InChI is InChI=1S/C17H16Cl2N2O2/c1-11-4-3-5-12(2)17(11)23-10-16(22)21-20-9-13-6-7-14(18)8-15(13)19/h3-9H,10H2,1-2H3,(H,21,22)/b20-9-. The molecule has 0 radical (unpaired) electrons. The summed E-state index contributed by atoms with van der Waals surface area (Å²) in [7, 11) is 0. The maximum absolute atomic E-state index is 11.8. The Kier molecular flexibility index (Phi) is 6.02. The zero-order chi connectivity index (χ0) is 16.8. The fourth-order valence-electron chi connectivity index (χ4n) is 1.98. The van der Waals surface area contributed by atoms with Crippen molar-refractivity contribution in [2.24, 2.45) is 5.10 Å². The first kappa shape index (κ1) is 17.3. The zero-order valence-corrected chi connectivity index (χ0v) is 14.3. The summed E-state index contributed by atoms with van der Waals surface area (Å²) < 4.78 is 5.54. The Morgan fingerprint density at radius 2 is 1.91 bits per heavy atom. The summed E-state index contributed by atoms with van der Waals surface area (Å²) in [5.41, 5.74) is 5.02. The predicted molar refractivity (Wildman–Crippen MR) is 93.6 cm³/mol. The summed E-state index contributed by atoms with van der Waals surface area (Å²) in [6.07, 6.45) is 1.45. The van der Waals surface area contributed by atoms with Crippen molar-refractivity contribution in [2.45, 2.75) is 13.8 Å². The smallest absolute Gasteiger partial charge is 0.277 e. The minimum atomic E-state index is -0.353. The third-order valence-corrected chi connectivity index (χ3v) is 3.67. The van der Waals surface area contributed by atoms with Crippen LogP contribution in [0, 0.1) is 13.8 Å². The largest absolute Gasteiger partial charge is 0.483 e. The van der Waals surface area contributed by atoms with Crippen LogP contribution in [0.25, 0.3) is 0 Å². The molecule has 0 aliphatic heterocycles. The van der Waals surface area contributed by atoms with E-state index in [9.17, 15) is 4.79 Å². The monoisotopic (exact) mass is 350 g/mol. The van der Waals surface area contributed by atoms with Crippen molar-refractivity contribution in [3.63, 3.8) is 0 Å². The maximum Gasteiger partial charge on any atom is 0.277 e. The minimum Gasteiger partial charge on any atom is -0.483 e. The zero-order valence-electron chi connectivity index (χ0n) is 12.8. The van der Waals surface area contributed by atoms with E-state index in [1.165, 1.54) is 6.21 Å². The van der Waals surface area contributed by atoms with E-state index in [0.29, 0.717) is 21.4 Å². The molecule has 1 N–H and O–H groups in total. The number of hydrogen-bond acceptors (Lipinski definition) is 3. The van der Waals surface area contributed by atoms with Crippen LogP contribution >= 0.6 is 23.2 Å². The van der Waals surface area contributed by atoms with Gasteiger partial charge >= 0.3 is 0 Å². The topological polar surface area (TPSA) is 50.7 Å². The number of carbonyl (C=O) groups excluding carboxylic acids is 1. The molecule has 0 atom stereocenters. The van der Waals surface area contributed by atoms with Crippen molar-refractivity contribution >= 4 is 35.3 Å². The Morgan fingerprint density at radius 3 is 2.57 bits per heavy atom. The van der Waals surface area contributed by atoms with Crippen molar-refractivity contribution in [1.29, 1.82) is 0 Å². The Labute approximate surface area is 145 Å². The fraction of sp³-hybridized carbons (Fsp3) is 0.176. The highest BCUT2D eigenvalue weighted by Gasteiger charge is 2.06. The predicted octanol–water partition coefficient (Wildman–Crippen LogP) is 4.14. The van der Waals surface area contributed by atoms with Gasteiger partial charge in [0, 0.05) is 10.6 Å². The molecule has 120 valence electrons. The second kappa shape index (κ2) is 7.99.